The Morgan fingerprint density at radius 1 is 1.27 bits per heavy atom. The highest BCUT2D eigenvalue weighted by Crippen LogP contribution is 2.15. The molecule has 0 aliphatic heterocycles. The molecule has 0 aromatic rings. The number of hydrogen-bond donors (Lipinski definition) is 0. The van der Waals surface area contributed by atoms with Gasteiger partial charge < -0.3 is 0 Å². The minimum atomic E-state index is -4.91. The summed E-state index contributed by atoms with van der Waals surface area (Å²) in [6.07, 6.45) is -4.91. The van der Waals surface area contributed by atoms with Crippen LogP contribution < -0.4 is 0 Å². The standard InChI is InChI=1S/C3H4F4O3S/c4-3(5,6)10-1-2-11(7,8)9/h1-2H2. The van der Waals surface area contributed by atoms with Crippen LogP contribution in [0.5, 0.6) is 0 Å². The number of alkyl halides is 3. The lowest BCUT2D eigenvalue weighted by molar-refractivity contribution is -0.322. The molecule has 0 N–H and O–H groups in total. The van der Waals surface area contributed by atoms with E-state index >= 15 is 0 Å². The molecule has 0 heterocycles. The largest absolute Gasteiger partial charge is 0.522 e. The Bertz CT molecular complexity index is 205. The summed E-state index contributed by atoms with van der Waals surface area (Å²) in [4.78, 5) is 0. The van der Waals surface area contributed by atoms with Crippen molar-refractivity contribution in [3.05, 3.63) is 0 Å². The van der Waals surface area contributed by atoms with Crippen LogP contribution in [0.4, 0.5) is 17.1 Å². The lowest BCUT2D eigenvalue weighted by Crippen LogP contribution is -2.18. The highest BCUT2D eigenvalue weighted by atomic mass is 32.3. The normalized spacial score (nSPS) is 13.5. The summed E-state index contributed by atoms with van der Waals surface area (Å²) in [5.41, 5.74) is 0. The van der Waals surface area contributed by atoms with Crippen molar-refractivity contribution in [2.24, 2.45) is 0 Å². The summed E-state index contributed by atoms with van der Waals surface area (Å²) in [6, 6.07) is 0. The Kier molecular flexibility index (Phi) is 3.24. The van der Waals surface area contributed by atoms with Crippen molar-refractivity contribution in [1.29, 1.82) is 0 Å². The maximum absolute atomic E-state index is 11.5. The van der Waals surface area contributed by atoms with Gasteiger partial charge in [0.05, 0.1) is 6.61 Å². The van der Waals surface area contributed by atoms with E-state index in [1.807, 2.05) is 0 Å². The average Bonchev–Trinajstić information content (AvgIpc) is 1.55. The van der Waals surface area contributed by atoms with E-state index in [9.17, 15) is 25.5 Å². The van der Waals surface area contributed by atoms with Gasteiger partial charge in [-0.15, -0.1) is 17.1 Å². The molecule has 0 saturated carbocycles. The molecule has 0 fully saturated rings. The van der Waals surface area contributed by atoms with Crippen molar-refractivity contribution >= 4 is 10.2 Å². The average molecular weight is 196 g/mol. The molecule has 0 radical (unpaired) electrons. The van der Waals surface area contributed by atoms with E-state index in [1.54, 1.807) is 0 Å². The van der Waals surface area contributed by atoms with E-state index in [4.69, 9.17) is 0 Å². The van der Waals surface area contributed by atoms with Gasteiger partial charge >= 0.3 is 16.6 Å². The van der Waals surface area contributed by atoms with Crippen molar-refractivity contribution in [3.8, 4) is 0 Å². The molecule has 0 aromatic heterocycles. The molecular formula is C3H4F4O3S. The van der Waals surface area contributed by atoms with Gasteiger partial charge in [-0.05, 0) is 0 Å². The second-order valence-electron chi connectivity index (χ2n) is 1.54. The molecule has 0 aromatic carbocycles. The second-order valence-corrected chi connectivity index (χ2v) is 3.02. The van der Waals surface area contributed by atoms with Gasteiger partial charge in [0, 0.05) is 0 Å². The van der Waals surface area contributed by atoms with Gasteiger partial charge in [0.1, 0.15) is 5.75 Å². The first kappa shape index (κ1) is 10.6. The summed E-state index contributed by atoms with van der Waals surface area (Å²) in [5.74, 6) is -1.29. The molecule has 11 heavy (non-hydrogen) atoms. The molecular weight excluding hydrogens is 192 g/mol. The second kappa shape index (κ2) is 3.35. The Morgan fingerprint density at radius 3 is 2.00 bits per heavy atom. The van der Waals surface area contributed by atoms with Crippen molar-refractivity contribution < 1.29 is 30.2 Å². The zero-order valence-corrected chi connectivity index (χ0v) is 5.88. The summed E-state index contributed by atoms with van der Waals surface area (Å²) in [5, 5.41) is 0. The molecule has 8 heteroatoms. The van der Waals surface area contributed by atoms with Crippen LogP contribution in [0.15, 0.2) is 0 Å². The van der Waals surface area contributed by atoms with E-state index in [-0.39, 0.29) is 0 Å². The predicted molar refractivity (Wildman–Crippen MR) is 26.9 cm³/mol. The van der Waals surface area contributed by atoms with Gasteiger partial charge in [-0.2, -0.15) is 8.42 Å². The molecule has 0 spiro atoms. The first-order valence-corrected chi connectivity index (χ1v) is 3.89. The van der Waals surface area contributed by atoms with Gasteiger partial charge in [0.2, 0.25) is 0 Å². The first-order chi connectivity index (χ1) is 4.71. The maximum Gasteiger partial charge on any atom is 0.522 e. The molecule has 0 atom stereocenters. The van der Waals surface area contributed by atoms with Crippen molar-refractivity contribution in [1.82, 2.24) is 0 Å². The zero-order chi connectivity index (χ0) is 9.12. The van der Waals surface area contributed by atoms with Crippen LogP contribution in [-0.2, 0) is 15.0 Å². The lowest BCUT2D eigenvalue weighted by Gasteiger charge is -2.04. The Morgan fingerprint density at radius 2 is 1.73 bits per heavy atom. The Hall–Kier alpha value is -0.370. The molecule has 0 rings (SSSR count). The Balaban J connectivity index is 3.61. The van der Waals surface area contributed by atoms with Gasteiger partial charge in [0.15, 0.2) is 0 Å². The SMILES string of the molecule is O=S(=O)(F)CCOC(F)(F)F. The monoisotopic (exact) mass is 196 g/mol. The lowest BCUT2D eigenvalue weighted by atomic mass is 10.9. The van der Waals surface area contributed by atoms with Gasteiger partial charge in [-0.3, -0.25) is 4.74 Å². The van der Waals surface area contributed by atoms with Gasteiger partial charge in [-0.25, -0.2) is 0 Å². The minimum Gasteiger partial charge on any atom is -0.291 e. The number of hydrogen-bond acceptors (Lipinski definition) is 3. The van der Waals surface area contributed by atoms with Crippen LogP contribution >= 0.6 is 0 Å². The fourth-order valence-electron chi connectivity index (χ4n) is 0.257. The van der Waals surface area contributed by atoms with Crippen LogP contribution in [-0.4, -0.2) is 27.1 Å². The van der Waals surface area contributed by atoms with Crippen LogP contribution in [0.25, 0.3) is 0 Å². The number of halogens is 4. The van der Waals surface area contributed by atoms with Gasteiger partial charge in [0.25, 0.3) is 0 Å². The number of ether oxygens (including phenoxy) is 1. The summed E-state index contributed by atoms with van der Waals surface area (Å²) >= 11 is 0. The highest BCUT2D eigenvalue weighted by molar-refractivity contribution is 7.86. The smallest absolute Gasteiger partial charge is 0.291 e. The van der Waals surface area contributed by atoms with E-state index in [0.29, 0.717) is 0 Å². The molecule has 0 bridgehead atoms. The Labute approximate surface area is 60.2 Å². The van der Waals surface area contributed by atoms with Crippen molar-refractivity contribution in [2.45, 2.75) is 6.36 Å². The highest BCUT2D eigenvalue weighted by Gasteiger charge is 2.29. The van der Waals surface area contributed by atoms with E-state index < -0.39 is 28.9 Å². The summed E-state index contributed by atoms with van der Waals surface area (Å²) < 4.78 is 67.0. The quantitative estimate of drug-likeness (QED) is 0.495. The third kappa shape index (κ3) is 9.63. The third-order valence-corrected chi connectivity index (χ3v) is 1.25. The molecule has 68 valence electrons. The van der Waals surface area contributed by atoms with E-state index in [1.165, 1.54) is 0 Å². The fourth-order valence-corrected chi connectivity index (χ4v) is 0.539. The minimum absolute atomic E-state index is 1.22. The van der Waals surface area contributed by atoms with E-state index in [2.05, 4.69) is 4.74 Å². The van der Waals surface area contributed by atoms with Crippen LogP contribution in [0.2, 0.25) is 0 Å². The van der Waals surface area contributed by atoms with Crippen molar-refractivity contribution in [3.63, 3.8) is 0 Å². The fraction of sp³-hybridized carbons (Fsp3) is 1.00. The maximum atomic E-state index is 11.5. The molecule has 3 nitrogen and oxygen atoms in total. The molecule has 0 unspecified atom stereocenters. The number of rotatable bonds is 3. The van der Waals surface area contributed by atoms with Crippen LogP contribution in [0, 0.1) is 0 Å². The topological polar surface area (TPSA) is 43.4 Å². The summed E-state index contributed by atoms with van der Waals surface area (Å²) in [7, 11) is -4.87. The van der Waals surface area contributed by atoms with Crippen molar-refractivity contribution in [2.75, 3.05) is 12.4 Å². The molecule has 0 aliphatic carbocycles. The first-order valence-electron chi connectivity index (χ1n) is 2.34. The summed E-state index contributed by atoms with van der Waals surface area (Å²) in [6.45, 7) is -1.22. The zero-order valence-electron chi connectivity index (χ0n) is 5.06. The van der Waals surface area contributed by atoms with Crippen LogP contribution in [0.3, 0.4) is 0 Å². The van der Waals surface area contributed by atoms with Crippen LogP contribution in [0.1, 0.15) is 0 Å². The molecule has 0 aliphatic rings. The predicted octanol–water partition coefficient (Wildman–Crippen LogP) is 0.822. The molecule has 0 saturated heterocycles. The third-order valence-electron chi connectivity index (χ3n) is 0.593. The molecule has 0 amide bonds. The van der Waals surface area contributed by atoms with E-state index in [0.717, 1.165) is 0 Å². The van der Waals surface area contributed by atoms with Gasteiger partial charge in [-0.1, -0.05) is 0 Å².